The molecule has 2 aliphatic rings. The van der Waals surface area contributed by atoms with E-state index in [2.05, 4.69) is 19.1 Å². The number of rotatable bonds is 0. The molecule has 0 unspecified atom stereocenters. The van der Waals surface area contributed by atoms with Crippen molar-refractivity contribution >= 4 is 0 Å². The molecule has 13 heavy (non-hydrogen) atoms. The molecule has 1 spiro atoms. The summed E-state index contributed by atoms with van der Waals surface area (Å²) in [7, 11) is 0. The molecule has 0 aromatic heterocycles. The van der Waals surface area contributed by atoms with E-state index in [1.807, 2.05) is 0 Å². The van der Waals surface area contributed by atoms with Gasteiger partial charge in [-0.1, -0.05) is 12.2 Å². The summed E-state index contributed by atoms with van der Waals surface area (Å²) in [6.45, 7) is 3.79. The topological polar surface area (TPSA) is 18.5 Å². The number of hydrogen-bond donors (Lipinski definition) is 0. The predicted molar refractivity (Wildman–Crippen MR) is 51.7 cm³/mol. The van der Waals surface area contributed by atoms with Crippen molar-refractivity contribution in [2.24, 2.45) is 0 Å². The van der Waals surface area contributed by atoms with E-state index in [0.717, 1.165) is 38.9 Å². The first kappa shape index (κ1) is 9.22. The van der Waals surface area contributed by atoms with E-state index in [1.165, 1.54) is 0 Å². The van der Waals surface area contributed by atoms with Gasteiger partial charge in [0.05, 0.1) is 18.3 Å². The van der Waals surface area contributed by atoms with Crippen molar-refractivity contribution in [3.63, 3.8) is 0 Å². The minimum absolute atomic E-state index is 0.126. The number of hydrogen-bond acceptors (Lipinski definition) is 2. The van der Waals surface area contributed by atoms with Crippen LogP contribution in [0.25, 0.3) is 0 Å². The van der Waals surface area contributed by atoms with Crippen LogP contribution in [0.15, 0.2) is 12.2 Å². The molecule has 0 aliphatic carbocycles. The monoisotopic (exact) mass is 182 g/mol. The molecule has 0 aromatic carbocycles. The maximum absolute atomic E-state index is 5.94. The van der Waals surface area contributed by atoms with Crippen molar-refractivity contribution in [3.05, 3.63) is 12.2 Å². The Morgan fingerprint density at radius 2 is 2.23 bits per heavy atom. The minimum atomic E-state index is 0.126. The number of allylic oxidation sites excluding steroid dienone is 1. The average Bonchev–Trinajstić information content (AvgIpc) is 2.31. The van der Waals surface area contributed by atoms with Gasteiger partial charge in [-0.15, -0.1) is 0 Å². The van der Waals surface area contributed by atoms with Crippen LogP contribution in [0.3, 0.4) is 0 Å². The zero-order valence-corrected chi connectivity index (χ0v) is 8.29. The SMILES string of the molecule is C[C@H]1C[C@@]2(CCC=CCO2)CCO1. The van der Waals surface area contributed by atoms with Crippen molar-refractivity contribution in [1.82, 2.24) is 0 Å². The predicted octanol–water partition coefficient (Wildman–Crippen LogP) is 2.29. The van der Waals surface area contributed by atoms with Crippen LogP contribution in [0.1, 0.15) is 32.6 Å². The Kier molecular flexibility index (Phi) is 2.70. The van der Waals surface area contributed by atoms with Crippen LogP contribution in [0.2, 0.25) is 0 Å². The molecule has 2 heterocycles. The molecule has 0 aromatic rings. The van der Waals surface area contributed by atoms with Gasteiger partial charge in [-0.3, -0.25) is 0 Å². The molecule has 0 saturated carbocycles. The van der Waals surface area contributed by atoms with Crippen molar-refractivity contribution in [1.29, 1.82) is 0 Å². The fourth-order valence-corrected chi connectivity index (χ4v) is 2.32. The highest BCUT2D eigenvalue weighted by atomic mass is 16.5. The van der Waals surface area contributed by atoms with E-state index in [4.69, 9.17) is 9.47 Å². The van der Waals surface area contributed by atoms with Gasteiger partial charge < -0.3 is 9.47 Å². The lowest BCUT2D eigenvalue weighted by atomic mass is 9.86. The number of ether oxygens (including phenoxy) is 2. The average molecular weight is 182 g/mol. The molecule has 2 aliphatic heterocycles. The van der Waals surface area contributed by atoms with Crippen molar-refractivity contribution in [3.8, 4) is 0 Å². The second-order valence-corrected chi connectivity index (χ2v) is 4.14. The molecule has 1 fully saturated rings. The summed E-state index contributed by atoms with van der Waals surface area (Å²) in [5.41, 5.74) is 0.126. The summed E-state index contributed by atoms with van der Waals surface area (Å²) < 4.78 is 11.5. The zero-order chi connectivity index (χ0) is 9.15. The van der Waals surface area contributed by atoms with E-state index in [0.29, 0.717) is 6.10 Å². The van der Waals surface area contributed by atoms with Gasteiger partial charge in [0.2, 0.25) is 0 Å². The van der Waals surface area contributed by atoms with Crippen LogP contribution >= 0.6 is 0 Å². The van der Waals surface area contributed by atoms with E-state index in [1.54, 1.807) is 0 Å². The molecule has 74 valence electrons. The molecular formula is C11H18O2. The molecule has 0 bridgehead atoms. The quantitative estimate of drug-likeness (QED) is 0.535. The highest BCUT2D eigenvalue weighted by Crippen LogP contribution is 2.34. The molecule has 0 N–H and O–H groups in total. The van der Waals surface area contributed by atoms with Crippen molar-refractivity contribution in [2.45, 2.75) is 44.3 Å². The molecule has 2 rings (SSSR count). The second-order valence-electron chi connectivity index (χ2n) is 4.14. The van der Waals surface area contributed by atoms with Crippen molar-refractivity contribution in [2.75, 3.05) is 13.2 Å². The Hall–Kier alpha value is -0.340. The van der Waals surface area contributed by atoms with E-state index in [9.17, 15) is 0 Å². The van der Waals surface area contributed by atoms with Crippen LogP contribution in [0.5, 0.6) is 0 Å². The Morgan fingerprint density at radius 3 is 3.08 bits per heavy atom. The smallest absolute Gasteiger partial charge is 0.0736 e. The summed E-state index contributed by atoms with van der Waals surface area (Å²) in [5.74, 6) is 0. The molecule has 2 atom stereocenters. The van der Waals surface area contributed by atoms with Gasteiger partial charge in [-0.2, -0.15) is 0 Å². The Labute approximate surface area is 79.9 Å². The standard InChI is InChI=1S/C11H18O2/c1-10-9-11(6-8-12-10)5-3-2-4-7-13-11/h2,4,10H,3,5-9H2,1H3/t10-,11+/m0/s1. The summed E-state index contributed by atoms with van der Waals surface area (Å²) in [5, 5.41) is 0. The van der Waals surface area contributed by atoms with Gasteiger partial charge in [0.15, 0.2) is 0 Å². The van der Waals surface area contributed by atoms with Gasteiger partial charge in [0.25, 0.3) is 0 Å². The van der Waals surface area contributed by atoms with Crippen molar-refractivity contribution < 1.29 is 9.47 Å². The highest BCUT2D eigenvalue weighted by Gasteiger charge is 2.36. The van der Waals surface area contributed by atoms with Crippen LogP contribution in [0.4, 0.5) is 0 Å². The summed E-state index contributed by atoms with van der Waals surface area (Å²) >= 11 is 0. The lowest BCUT2D eigenvalue weighted by Gasteiger charge is -2.39. The second kappa shape index (κ2) is 3.81. The minimum Gasteiger partial charge on any atom is -0.378 e. The molecule has 1 saturated heterocycles. The summed E-state index contributed by atoms with van der Waals surface area (Å²) in [6.07, 6.45) is 9.19. The lowest BCUT2D eigenvalue weighted by Crippen LogP contribution is -2.41. The fourth-order valence-electron chi connectivity index (χ4n) is 2.32. The van der Waals surface area contributed by atoms with E-state index < -0.39 is 0 Å². The first-order valence-corrected chi connectivity index (χ1v) is 5.21. The van der Waals surface area contributed by atoms with Crippen LogP contribution in [0, 0.1) is 0 Å². The van der Waals surface area contributed by atoms with E-state index in [-0.39, 0.29) is 5.60 Å². The largest absolute Gasteiger partial charge is 0.378 e. The molecular weight excluding hydrogens is 164 g/mol. The summed E-state index contributed by atoms with van der Waals surface area (Å²) in [4.78, 5) is 0. The van der Waals surface area contributed by atoms with Crippen LogP contribution in [-0.4, -0.2) is 24.9 Å². The van der Waals surface area contributed by atoms with Gasteiger partial charge in [-0.05, 0) is 26.2 Å². The Balaban J connectivity index is 2.01. The normalized spacial score (nSPS) is 40.5. The first-order valence-electron chi connectivity index (χ1n) is 5.21. The third kappa shape index (κ3) is 2.12. The summed E-state index contributed by atoms with van der Waals surface area (Å²) in [6, 6.07) is 0. The molecule has 0 radical (unpaired) electrons. The zero-order valence-electron chi connectivity index (χ0n) is 8.29. The lowest BCUT2D eigenvalue weighted by molar-refractivity contribution is -0.128. The van der Waals surface area contributed by atoms with E-state index >= 15 is 0 Å². The third-order valence-corrected chi connectivity index (χ3v) is 3.04. The van der Waals surface area contributed by atoms with Gasteiger partial charge in [0, 0.05) is 13.0 Å². The third-order valence-electron chi connectivity index (χ3n) is 3.04. The molecule has 2 heteroatoms. The van der Waals surface area contributed by atoms with Gasteiger partial charge >= 0.3 is 0 Å². The van der Waals surface area contributed by atoms with Gasteiger partial charge in [0.1, 0.15) is 0 Å². The fraction of sp³-hybridized carbons (Fsp3) is 0.818. The molecule has 0 amide bonds. The maximum Gasteiger partial charge on any atom is 0.0736 e. The Bertz CT molecular complexity index is 188. The van der Waals surface area contributed by atoms with Crippen LogP contribution in [-0.2, 0) is 9.47 Å². The first-order chi connectivity index (χ1) is 6.31. The molecule has 2 nitrogen and oxygen atoms in total. The van der Waals surface area contributed by atoms with Crippen LogP contribution < -0.4 is 0 Å². The van der Waals surface area contributed by atoms with Gasteiger partial charge in [-0.25, -0.2) is 0 Å². The Morgan fingerprint density at radius 1 is 1.31 bits per heavy atom. The maximum atomic E-state index is 5.94. The highest BCUT2D eigenvalue weighted by molar-refractivity contribution is 4.95.